The lowest BCUT2D eigenvalue weighted by Crippen LogP contribution is -2.28. The van der Waals surface area contributed by atoms with E-state index < -0.39 is 0 Å². The Morgan fingerprint density at radius 2 is 2.25 bits per heavy atom. The van der Waals surface area contributed by atoms with E-state index in [-0.39, 0.29) is 24.2 Å². The van der Waals surface area contributed by atoms with Gasteiger partial charge in [-0.05, 0) is 24.3 Å². The van der Waals surface area contributed by atoms with E-state index in [2.05, 4.69) is 10.3 Å². The maximum absolute atomic E-state index is 12.4. The number of likely N-dealkylation sites (tertiary alicyclic amines) is 1. The summed E-state index contributed by atoms with van der Waals surface area (Å²) in [7, 11) is 3.80. The van der Waals surface area contributed by atoms with Crippen molar-refractivity contribution in [3.05, 3.63) is 42.5 Å². The molecule has 24 heavy (non-hydrogen) atoms. The van der Waals surface area contributed by atoms with Crippen LogP contribution in [0.3, 0.4) is 0 Å². The first kappa shape index (κ1) is 16.0. The number of furan rings is 1. The molecule has 0 radical (unpaired) electrons. The second kappa shape index (κ2) is 6.74. The minimum absolute atomic E-state index is 0.0346. The Kier molecular flexibility index (Phi) is 4.50. The molecule has 126 valence electrons. The number of aromatic nitrogens is 1. The standard InChI is InChI=1S/C17H20N4O3/c1-20(2)15-6-5-13(9-18-15)19-17(23)12-8-16(22)21(10-12)11-14-4-3-7-24-14/h3-7,9,12H,8,10-11H2,1-2H3,(H,19,23)/t12-/m0/s1. The predicted octanol–water partition coefficient (Wildman–Crippen LogP) is 1.73. The van der Waals surface area contributed by atoms with Crippen LogP contribution in [0.4, 0.5) is 11.5 Å². The summed E-state index contributed by atoms with van der Waals surface area (Å²) in [4.78, 5) is 32.2. The molecule has 2 aromatic heterocycles. The Balaban J connectivity index is 1.58. The quantitative estimate of drug-likeness (QED) is 0.904. The maximum Gasteiger partial charge on any atom is 0.229 e. The first-order valence-corrected chi connectivity index (χ1v) is 7.77. The molecule has 1 fully saturated rings. The summed E-state index contributed by atoms with van der Waals surface area (Å²) in [5.41, 5.74) is 0.627. The number of nitrogens with zero attached hydrogens (tertiary/aromatic N) is 3. The summed E-state index contributed by atoms with van der Waals surface area (Å²) in [5.74, 6) is 0.972. The zero-order valence-corrected chi connectivity index (χ0v) is 13.7. The fraction of sp³-hybridized carbons (Fsp3) is 0.353. The zero-order valence-electron chi connectivity index (χ0n) is 13.7. The first-order chi connectivity index (χ1) is 11.5. The average molecular weight is 328 g/mol. The molecule has 1 aliphatic heterocycles. The number of pyridine rings is 1. The SMILES string of the molecule is CN(C)c1ccc(NC(=O)[C@H]2CC(=O)N(Cc3ccco3)C2)cn1. The van der Waals surface area contributed by atoms with Gasteiger partial charge in [0.2, 0.25) is 11.8 Å². The molecular weight excluding hydrogens is 308 g/mol. The summed E-state index contributed by atoms with van der Waals surface area (Å²) in [5, 5.41) is 2.83. The van der Waals surface area contributed by atoms with Gasteiger partial charge in [-0.3, -0.25) is 9.59 Å². The largest absolute Gasteiger partial charge is 0.467 e. The number of amides is 2. The van der Waals surface area contributed by atoms with Gasteiger partial charge in [-0.25, -0.2) is 4.98 Å². The van der Waals surface area contributed by atoms with E-state index in [1.54, 1.807) is 29.5 Å². The smallest absolute Gasteiger partial charge is 0.229 e. The van der Waals surface area contributed by atoms with Gasteiger partial charge in [0.25, 0.3) is 0 Å². The van der Waals surface area contributed by atoms with Crippen molar-refractivity contribution in [3.63, 3.8) is 0 Å². The fourth-order valence-corrected chi connectivity index (χ4v) is 2.66. The highest BCUT2D eigenvalue weighted by atomic mass is 16.3. The molecule has 2 aromatic rings. The molecule has 1 N–H and O–H groups in total. The van der Waals surface area contributed by atoms with Gasteiger partial charge in [0.1, 0.15) is 11.6 Å². The minimum Gasteiger partial charge on any atom is -0.467 e. The van der Waals surface area contributed by atoms with Crippen LogP contribution in [0.15, 0.2) is 41.1 Å². The molecular formula is C17H20N4O3. The van der Waals surface area contributed by atoms with E-state index >= 15 is 0 Å². The topological polar surface area (TPSA) is 78.7 Å². The monoisotopic (exact) mass is 328 g/mol. The van der Waals surface area contributed by atoms with Crippen molar-refractivity contribution in [3.8, 4) is 0 Å². The van der Waals surface area contributed by atoms with E-state index in [0.29, 0.717) is 24.5 Å². The Morgan fingerprint density at radius 3 is 2.88 bits per heavy atom. The highest BCUT2D eigenvalue weighted by Crippen LogP contribution is 2.22. The van der Waals surface area contributed by atoms with E-state index in [1.807, 2.05) is 31.1 Å². The number of nitrogens with one attached hydrogen (secondary N) is 1. The number of hydrogen-bond acceptors (Lipinski definition) is 5. The molecule has 7 heteroatoms. The molecule has 7 nitrogen and oxygen atoms in total. The highest BCUT2D eigenvalue weighted by molar-refractivity contribution is 5.97. The van der Waals surface area contributed by atoms with E-state index in [4.69, 9.17) is 4.42 Å². The van der Waals surface area contributed by atoms with E-state index in [9.17, 15) is 9.59 Å². The van der Waals surface area contributed by atoms with Crippen molar-refractivity contribution in [2.45, 2.75) is 13.0 Å². The van der Waals surface area contributed by atoms with Crippen LogP contribution in [-0.4, -0.2) is 42.3 Å². The molecule has 3 heterocycles. The molecule has 0 aliphatic carbocycles. The van der Waals surface area contributed by atoms with Gasteiger partial charge in [0.15, 0.2) is 0 Å². The van der Waals surface area contributed by atoms with Crippen LogP contribution in [0.5, 0.6) is 0 Å². The van der Waals surface area contributed by atoms with E-state index in [1.165, 1.54) is 0 Å². The van der Waals surface area contributed by atoms with Crippen molar-refractivity contribution in [1.82, 2.24) is 9.88 Å². The van der Waals surface area contributed by atoms with Gasteiger partial charge in [-0.2, -0.15) is 0 Å². The molecule has 1 aliphatic rings. The maximum atomic E-state index is 12.4. The van der Waals surface area contributed by atoms with Crippen molar-refractivity contribution in [1.29, 1.82) is 0 Å². The lowest BCUT2D eigenvalue weighted by molar-refractivity contribution is -0.128. The Morgan fingerprint density at radius 1 is 1.42 bits per heavy atom. The summed E-state index contributed by atoms with van der Waals surface area (Å²) in [6, 6.07) is 7.24. The van der Waals surface area contributed by atoms with Crippen molar-refractivity contribution in [2.75, 3.05) is 30.9 Å². The zero-order chi connectivity index (χ0) is 17.1. The van der Waals surface area contributed by atoms with Crippen LogP contribution in [-0.2, 0) is 16.1 Å². The van der Waals surface area contributed by atoms with Gasteiger partial charge < -0.3 is 19.5 Å². The first-order valence-electron chi connectivity index (χ1n) is 7.77. The molecule has 1 atom stereocenters. The number of carbonyl (C=O) groups excluding carboxylic acids is 2. The number of hydrogen-bond donors (Lipinski definition) is 1. The van der Waals surface area contributed by atoms with Crippen LogP contribution in [0.2, 0.25) is 0 Å². The Labute approximate surface area is 140 Å². The third-order valence-corrected chi connectivity index (χ3v) is 3.99. The molecule has 0 spiro atoms. The normalized spacial score (nSPS) is 17.2. The summed E-state index contributed by atoms with van der Waals surface area (Å²) < 4.78 is 5.26. The van der Waals surface area contributed by atoms with Crippen molar-refractivity contribution in [2.24, 2.45) is 5.92 Å². The lowest BCUT2D eigenvalue weighted by Gasteiger charge is -2.15. The molecule has 2 amide bonds. The second-order valence-electron chi connectivity index (χ2n) is 6.04. The minimum atomic E-state index is -0.360. The lowest BCUT2D eigenvalue weighted by atomic mass is 10.1. The van der Waals surface area contributed by atoms with Gasteiger partial charge in [-0.15, -0.1) is 0 Å². The summed E-state index contributed by atoms with van der Waals surface area (Å²) >= 11 is 0. The number of carbonyl (C=O) groups is 2. The summed E-state index contributed by atoms with van der Waals surface area (Å²) in [6.45, 7) is 0.795. The Bertz CT molecular complexity index is 710. The highest BCUT2D eigenvalue weighted by Gasteiger charge is 2.34. The van der Waals surface area contributed by atoms with Crippen LogP contribution < -0.4 is 10.2 Å². The van der Waals surface area contributed by atoms with Crippen molar-refractivity contribution < 1.29 is 14.0 Å². The molecule has 0 saturated carbocycles. The van der Waals surface area contributed by atoms with Crippen LogP contribution in [0.25, 0.3) is 0 Å². The van der Waals surface area contributed by atoms with Gasteiger partial charge in [-0.1, -0.05) is 0 Å². The third kappa shape index (κ3) is 3.56. The van der Waals surface area contributed by atoms with Crippen LogP contribution in [0.1, 0.15) is 12.2 Å². The second-order valence-corrected chi connectivity index (χ2v) is 6.04. The van der Waals surface area contributed by atoms with Gasteiger partial charge >= 0.3 is 0 Å². The molecule has 3 rings (SSSR count). The fourth-order valence-electron chi connectivity index (χ4n) is 2.66. The van der Waals surface area contributed by atoms with Crippen LogP contribution >= 0.6 is 0 Å². The van der Waals surface area contributed by atoms with Gasteiger partial charge in [0.05, 0.1) is 30.6 Å². The Hall–Kier alpha value is -2.83. The van der Waals surface area contributed by atoms with Gasteiger partial charge in [0, 0.05) is 27.1 Å². The molecule has 0 bridgehead atoms. The number of anilines is 2. The molecule has 0 unspecified atom stereocenters. The molecule has 0 aromatic carbocycles. The number of rotatable bonds is 5. The average Bonchev–Trinajstić information content (AvgIpc) is 3.19. The van der Waals surface area contributed by atoms with Crippen molar-refractivity contribution >= 4 is 23.3 Å². The van der Waals surface area contributed by atoms with Crippen LogP contribution in [0, 0.1) is 5.92 Å². The molecule has 1 saturated heterocycles. The third-order valence-electron chi connectivity index (χ3n) is 3.99. The predicted molar refractivity (Wildman–Crippen MR) is 89.4 cm³/mol. The van der Waals surface area contributed by atoms with E-state index in [0.717, 1.165) is 5.82 Å². The summed E-state index contributed by atoms with van der Waals surface area (Å²) in [6.07, 6.45) is 3.41.